The monoisotopic (exact) mass is 332 g/mol. The average Bonchev–Trinajstić information content (AvgIpc) is 2.84. The predicted molar refractivity (Wildman–Crippen MR) is 70.7 cm³/mol. The van der Waals surface area contributed by atoms with Crippen molar-refractivity contribution >= 4 is 15.9 Å². The number of alkyl halides is 4. The van der Waals surface area contributed by atoms with Gasteiger partial charge in [-0.1, -0.05) is 22.0 Å². The first-order valence-corrected chi connectivity index (χ1v) is 6.90. The van der Waals surface area contributed by atoms with Gasteiger partial charge >= 0.3 is 6.18 Å². The molecule has 0 atom stereocenters. The molecule has 0 amide bonds. The number of aromatic nitrogens is 2. The molecule has 0 aliphatic rings. The van der Waals surface area contributed by atoms with Gasteiger partial charge in [-0.25, -0.2) is 4.68 Å². The Bertz CT molecular complexity index is 549. The molecule has 19 heavy (non-hydrogen) atoms. The maximum atomic E-state index is 12.6. The Labute approximate surface area is 117 Å². The molecule has 0 radical (unpaired) electrons. The van der Waals surface area contributed by atoms with Crippen LogP contribution in [-0.4, -0.2) is 15.1 Å². The Kier molecular flexibility index (Phi) is 4.29. The van der Waals surface area contributed by atoms with Gasteiger partial charge in [-0.3, -0.25) is 0 Å². The molecule has 2 rings (SSSR count). The van der Waals surface area contributed by atoms with Crippen LogP contribution in [-0.2, 0) is 12.6 Å². The van der Waals surface area contributed by atoms with Crippen molar-refractivity contribution in [1.29, 1.82) is 0 Å². The van der Waals surface area contributed by atoms with Crippen molar-refractivity contribution in [2.75, 3.05) is 5.33 Å². The second-order valence-electron chi connectivity index (χ2n) is 4.13. The van der Waals surface area contributed by atoms with E-state index in [0.29, 0.717) is 5.69 Å². The zero-order valence-corrected chi connectivity index (χ0v) is 11.6. The molecule has 102 valence electrons. The third kappa shape index (κ3) is 3.59. The van der Waals surface area contributed by atoms with E-state index in [-0.39, 0.29) is 0 Å². The Balaban J connectivity index is 2.24. The molecule has 0 saturated carbocycles. The van der Waals surface area contributed by atoms with E-state index in [1.807, 2.05) is 0 Å². The van der Waals surface area contributed by atoms with Crippen molar-refractivity contribution in [3.8, 4) is 5.69 Å². The van der Waals surface area contributed by atoms with Crippen LogP contribution < -0.4 is 0 Å². The molecule has 1 heterocycles. The van der Waals surface area contributed by atoms with Crippen molar-refractivity contribution in [3.63, 3.8) is 0 Å². The fourth-order valence-corrected chi connectivity index (χ4v) is 2.01. The summed E-state index contributed by atoms with van der Waals surface area (Å²) in [7, 11) is 0. The molecule has 0 aliphatic carbocycles. The second kappa shape index (κ2) is 5.77. The number of hydrogen-bond acceptors (Lipinski definition) is 1. The molecule has 0 unspecified atom stereocenters. The van der Waals surface area contributed by atoms with Crippen molar-refractivity contribution in [2.24, 2.45) is 0 Å². The molecule has 0 bridgehead atoms. The first-order chi connectivity index (χ1) is 9.00. The Morgan fingerprint density at radius 3 is 2.74 bits per heavy atom. The van der Waals surface area contributed by atoms with Crippen LogP contribution in [0, 0.1) is 0 Å². The fraction of sp³-hybridized carbons (Fsp3) is 0.308. The maximum absolute atomic E-state index is 12.6. The van der Waals surface area contributed by atoms with E-state index in [1.165, 1.54) is 10.7 Å². The lowest BCUT2D eigenvalue weighted by Gasteiger charge is -2.08. The molecule has 0 spiro atoms. The number of nitrogens with zero attached hydrogens (tertiary/aromatic N) is 2. The zero-order chi connectivity index (χ0) is 13.9. The van der Waals surface area contributed by atoms with Gasteiger partial charge in [0.15, 0.2) is 0 Å². The molecule has 0 aliphatic heterocycles. The summed E-state index contributed by atoms with van der Waals surface area (Å²) in [5, 5.41) is 4.99. The quantitative estimate of drug-likeness (QED) is 0.766. The Morgan fingerprint density at radius 1 is 1.26 bits per heavy atom. The minimum Gasteiger partial charge on any atom is -0.241 e. The molecule has 0 N–H and O–H groups in total. The van der Waals surface area contributed by atoms with Gasteiger partial charge < -0.3 is 0 Å². The lowest BCUT2D eigenvalue weighted by Crippen LogP contribution is -2.06. The summed E-state index contributed by atoms with van der Waals surface area (Å²) in [6.45, 7) is 0. The highest BCUT2D eigenvalue weighted by Gasteiger charge is 2.30. The molecule has 0 saturated heterocycles. The lowest BCUT2D eigenvalue weighted by atomic mass is 10.2. The summed E-state index contributed by atoms with van der Waals surface area (Å²) >= 11 is 3.34. The van der Waals surface area contributed by atoms with Crippen LogP contribution in [0.5, 0.6) is 0 Å². The van der Waals surface area contributed by atoms with Gasteiger partial charge in [0.2, 0.25) is 0 Å². The normalized spacial score (nSPS) is 11.8. The minimum atomic E-state index is -4.33. The van der Waals surface area contributed by atoms with E-state index in [0.717, 1.165) is 35.9 Å². The second-order valence-corrected chi connectivity index (χ2v) is 4.93. The van der Waals surface area contributed by atoms with Crippen molar-refractivity contribution < 1.29 is 13.2 Å². The van der Waals surface area contributed by atoms with Gasteiger partial charge in [0, 0.05) is 11.5 Å². The zero-order valence-electron chi connectivity index (χ0n) is 9.99. The Hall–Kier alpha value is -1.30. The van der Waals surface area contributed by atoms with Gasteiger partial charge in [0.05, 0.1) is 17.4 Å². The van der Waals surface area contributed by atoms with Gasteiger partial charge in [-0.2, -0.15) is 18.3 Å². The first kappa shape index (κ1) is 14.1. The standard InChI is InChI=1S/C13H12BrF3N2/c14-6-2-3-10-8-18-19(9-10)12-5-1-4-11(7-12)13(15,16)17/h1,4-5,7-9H,2-3,6H2. The minimum absolute atomic E-state index is 0.417. The summed E-state index contributed by atoms with van der Waals surface area (Å²) in [5.41, 5.74) is 0.763. The molecular weight excluding hydrogens is 321 g/mol. The topological polar surface area (TPSA) is 17.8 Å². The number of benzene rings is 1. The number of halogens is 4. The molecular formula is C13H12BrF3N2. The molecule has 2 aromatic rings. The van der Waals surface area contributed by atoms with E-state index in [2.05, 4.69) is 21.0 Å². The predicted octanol–water partition coefficient (Wildman–Crippen LogP) is 4.22. The number of aryl methyl sites for hydroxylation is 1. The molecule has 0 fully saturated rings. The van der Waals surface area contributed by atoms with E-state index in [4.69, 9.17) is 0 Å². The highest BCUT2D eigenvalue weighted by molar-refractivity contribution is 9.09. The molecule has 1 aromatic carbocycles. The van der Waals surface area contributed by atoms with Gasteiger partial charge in [0.25, 0.3) is 0 Å². The maximum Gasteiger partial charge on any atom is 0.416 e. The van der Waals surface area contributed by atoms with Crippen LogP contribution in [0.25, 0.3) is 5.69 Å². The SMILES string of the molecule is FC(F)(F)c1cccc(-n2cc(CCCBr)cn2)c1. The van der Waals surface area contributed by atoms with Crippen molar-refractivity contribution in [3.05, 3.63) is 47.8 Å². The van der Waals surface area contributed by atoms with Crippen LogP contribution >= 0.6 is 15.9 Å². The van der Waals surface area contributed by atoms with Crippen molar-refractivity contribution in [2.45, 2.75) is 19.0 Å². The van der Waals surface area contributed by atoms with Gasteiger partial charge in [0.1, 0.15) is 0 Å². The summed E-state index contributed by atoms with van der Waals surface area (Å²) in [6.07, 6.45) is 0.932. The molecule has 1 aromatic heterocycles. The molecule has 6 heteroatoms. The van der Waals surface area contributed by atoms with E-state index < -0.39 is 11.7 Å². The highest BCUT2D eigenvalue weighted by Crippen LogP contribution is 2.30. The van der Waals surface area contributed by atoms with Gasteiger partial charge in [-0.05, 0) is 36.6 Å². The van der Waals surface area contributed by atoms with Crippen LogP contribution in [0.15, 0.2) is 36.7 Å². The summed E-state index contributed by atoms with van der Waals surface area (Å²) in [5.74, 6) is 0. The third-order valence-electron chi connectivity index (χ3n) is 2.67. The van der Waals surface area contributed by atoms with E-state index in [1.54, 1.807) is 18.5 Å². The molecule has 2 nitrogen and oxygen atoms in total. The summed E-state index contributed by atoms with van der Waals surface area (Å²) in [4.78, 5) is 0. The number of rotatable bonds is 4. The van der Waals surface area contributed by atoms with Crippen LogP contribution in [0.3, 0.4) is 0 Å². The van der Waals surface area contributed by atoms with Crippen LogP contribution in [0.2, 0.25) is 0 Å². The average molecular weight is 333 g/mol. The van der Waals surface area contributed by atoms with Crippen LogP contribution in [0.1, 0.15) is 17.5 Å². The number of hydrogen-bond donors (Lipinski definition) is 0. The smallest absolute Gasteiger partial charge is 0.241 e. The fourth-order valence-electron chi connectivity index (χ4n) is 1.73. The summed E-state index contributed by atoms with van der Waals surface area (Å²) in [6, 6.07) is 5.15. The first-order valence-electron chi connectivity index (χ1n) is 5.78. The van der Waals surface area contributed by atoms with E-state index >= 15 is 0 Å². The van der Waals surface area contributed by atoms with Crippen molar-refractivity contribution in [1.82, 2.24) is 9.78 Å². The van der Waals surface area contributed by atoms with Crippen LogP contribution in [0.4, 0.5) is 13.2 Å². The van der Waals surface area contributed by atoms with E-state index in [9.17, 15) is 13.2 Å². The largest absolute Gasteiger partial charge is 0.416 e. The Morgan fingerprint density at radius 2 is 2.05 bits per heavy atom. The third-order valence-corrected chi connectivity index (χ3v) is 3.23. The highest BCUT2D eigenvalue weighted by atomic mass is 79.9. The lowest BCUT2D eigenvalue weighted by molar-refractivity contribution is -0.137. The van der Waals surface area contributed by atoms with Gasteiger partial charge in [-0.15, -0.1) is 0 Å². The summed E-state index contributed by atoms with van der Waals surface area (Å²) < 4.78 is 39.3.